The van der Waals surface area contributed by atoms with Crippen molar-refractivity contribution in [3.05, 3.63) is 54.1 Å². The average Bonchev–Trinajstić information content (AvgIpc) is 2.70. The number of para-hydroxylation sites is 1. The van der Waals surface area contributed by atoms with E-state index < -0.39 is 27.9 Å². The summed E-state index contributed by atoms with van der Waals surface area (Å²) in [7, 11) is -1.09. The van der Waals surface area contributed by atoms with Gasteiger partial charge in [0.15, 0.2) is 0 Å². The molecule has 0 aliphatic carbocycles. The van der Waals surface area contributed by atoms with Gasteiger partial charge in [0, 0.05) is 6.07 Å². The van der Waals surface area contributed by atoms with Crippen molar-refractivity contribution in [1.82, 2.24) is 0 Å². The van der Waals surface area contributed by atoms with E-state index in [1.807, 2.05) is 0 Å². The maximum Gasteiger partial charge on any atom is 0.339 e. The molecule has 2 rings (SSSR count). The van der Waals surface area contributed by atoms with Crippen LogP contribution < -0.4 is 14.4 Å². The van der Waals surface area contributed by atoms with E-state index in [1.165, 1.54) is 20.3 Å². The third-order valence-corrected chi connectivity index (χ3v) is 5.41. The molecule has 0 radical (unpaired) electrons. The zero-order chi connectivity index (χ0) is 21.6. The van der Waals surface area contributed by atoms with Crippen LogP contribution in [0.5, 0.6) is 5.75 Å². The molecule has 29 heavy (non-hydrogen) atoms. The summed E-state index contributed by atoms with van der Waals surface area (Å²) in [5.41, 5.74) is 0.711. The number of methoxy groups -OCH3 is 2. The van der Waals surface area contributed by atoms with Crippen LogP contribution in [0.1, 0.15) is 23.7 Å². The Balaban J connectivity index is 2.43. The Morgan fingerprint density at radius 1 is 1.10 bits per heavy atom. The van der Waals surface area contributed by atoms with E-state index in [0.717, 1.165) is 10.6 Å². The zero-order valence-electron chi connectivity index (χ0n) is 16.7. The molecule has 2 aromatic rings. The predicted molar refractivity (Wildman–Crippen MR) is 111 cm³/mol. The van der Waals surface area contributed by atoms with E-state index in [2.05, 4.69) is 5.32 Å². The van der Waals surface area contributed by atoms with Gasteiger partial charge in [0.1, 0.15) is 11.8 Å². The number of nitrogens with zero attached hydrogens (tertiary/aromatic N) is 1. The normalized spacial score (nSPS) is 12.0. The molecule has 0 saturated heterocycles. The maximum absolute atomic E-state index is 13.0. The van der Waals surface area contributed by atoms with Gasteiger partial charge in [-0.15, -0.1) is 0 Å². The Labute approximate surface area is 170 Å². The molecule has 0 heterocycles. The molecular weight excluding hydrogens is 396 g/mol. The predicted octanol–water partition coefficient (Wildman–Crippen LogP) is 2.67. The van der Waals surface area contributed by atoms with E-state index in [1.54, 1.807) is 49.4 Å². The lowest BCUT2D eigenvalue weighted by Gasteiger charge is -2.30. The lowest BCUT2D eigenvalue weighted by Crippen LogP contribution is -2.47. The second-order valence-corrected chi connectivity index (χ2v) is 8.07. The number of benzene rings is 2. The summed E-state index contributed by atoms with van der Waals surface area (Å²) in [5.74, 6) is -0.721. The molecule has 2 aromatic carbocycles. The summed E-state index contributed by atoms with van der Waals surface area (Å²) >= 11 is 0. The first-order chi connectivity index (χ1) is 13.7. The van der Waals surface area contributed by atoms with Crippen LogP contribution >= 0.6 is 0 Å². The van der Waals surface area contributed by atoms with Gasteiger partial charge >= 0.3 is 5.97 Å². The topological polar surface area (TPSA) is 102 Å². The molecule has 8 nitrogen and oxygen atoms in total. The van der Waals surface area contributed by atoms with Gasteiger partial charge in [-0.05, 0) is 30.7 Å². The fourth-order valence-electron chi connectivity index (χ4n) is 2.90. The van der Waals surface area contributed by atoms with Crippen LogP contribution in [-0.4, -0.2) is 46.8 Å². The number of carbonyl (C=O) groups is 2. The summed E-state index contributed by atoms with van der Waals surface area (Å²) in [6.07, 6.45) is 1.24. The third kappa shape index (κ3) is 5.26. The second kappa shape index (κ2) is 9.42. The van der Waals surface area contributed by atoms with Crippen LogP contribution in [0.25, 0.3) is 0 Å². The van der Waals surface area contributed by atoms with Gasteiger partial charge in [-0.25, -0.2) is 13.2 Å². The minimum atomic E-state index is -3.80. The Morgan fingerprint density at radius 2 is 1.79 bits per heavy atom. The average molecular weight is 420 g/mol. The molecule has 0 fully saturated rings. The highest BCUT2D eigenvalue weighted by molar-refractivity contribution is 7.92. The van der Waals surface area contributed by atoms with Crippen LogP contribution in [-0.2, 0) is 19.6 Å². The van der Waals surface area contributed by atoms with E-state index in [4.69, 9.17) is 9.47 Å². The smallest absolute Gasteiger partial charge is 0.339 e. The molecule has 0 bridgehead atoms. The number of esters is 1. The molecule has 9 heteroatoms. The van der Waals surface area contributed by atoms with E-state index in [9.17, 15) is 18.0 Å². The number of sulfonamides is 1. The standard InChI is InChI=1S/C20H24N2O6S/c1-5-18(19(23)21-17-12-7-6-11-16(17)20(24)28-3)22(29(4,25)26)14-9-8-10-15(13-14)27-2/h6-13,18H,5H2,1-4H3,(H,21,23)/t18-/m0/s1. The van der Waals surface area contributed by atoms with Crippen molar-refractivity contribution in [2.75, 3.05) is 30.1 Å². The summed E-state index contributed by atoms with van der Waals surface area (Å²) in [6, 6.07) is 11.8. The van der Waals surface area contributed by atoms with E-state index in [0.29, 0.717) is 11.4 Å². The number of ether oxygens (including phenoxy) is 2. The van der Waals surface area contributed by atoms with Crippen molar-refractivity contribution < 1.29 is 27.5 Å². The first kappa shape index (κ1) is 22.2. The van der Waals surface area contributed by atoms with Crippen LogP contribution in [0, 0.1) is 0 Å². The molecular formula is C20H24N2O6S. The number of anilines is 2. The molecule has 1 atom stereocenters. The monoisotopic (exact) mass is 420 g/mol. The van der Waals surface area contributed by atoms with Crippen LogP contribution in [0.15, 0.2) is 48.5 Å². The molecule has 1 N–H and O–H groups in total. The fourth-order valence-corrected chi connectivity index (χ4v) is 4.11. The van der Waals surface area contributed by atoms with Crippen molar-refractivity contribution >= 4 is 33.3 Å². The SMILES string of the molecule is CC[C@@H](C(=O)Nc1ccccc1C(=O)OC)N(c1cccc(OC)c1)S(C)(=O)=O. The Hall–Kier alpha value is -3.07. The highest BCUT2D eigenvalue weighted by Gasteiger charge is 2.32. The lowest BCUT2D eigenvalue weighted by molar-refractivity contribution is -0.117. The second-order valence-electron chi connectivity index (χ2n) is 6.21. The largest absolute Gasteiger partial charge is 0.497 e. The molecule has 0 aliphatic rings. The van der Waals surface area contributed by atoms with Crippen molar-refractivity contribution in [3.63, 3.8) is 0 Å². The van der Waals surface area contributed by atoms with Gasteiger partial charge in [-0.3, -0.25) is 9.10 Å². The van der Waals surface area contributed by atoms with E-state index in [-0.39, 0.29) is 17.7 Å². The molecule has 0 saturated carbocycles. The minimum absolute atomic E-state index is 0.172. The van der Waals surface area contributed by atoms with Crippen LogP contribution in [0.2, 0.25) is 0 Å². The summed E-state index contributed by atoms with van der Waals surface area (Å²) in [6.45, 7) is 1.70. The summed E-state index contributed by atoms with van der Waals surface area (Å²) in [4.78, 5) is 25.0. The first-order valence-electron chi connectivity index (χ1n) is 8.84. The molecule has 0 aromatic heterocycles. The molecule has 0 aliphatic heterocycles. The first-order valence-corrected chi connectivity index (χ1v) is 10.7. The van der Waals surface area contributed by atoms with Crippen LogP contribution in [0.3, 0.4) is 0 Å². The minimum Gasteiger partial charge on any atom is -0.497 e. The summed E-state index contributed by atoms with van der Waals surface area (Å²) in [5, 5.41) is 2.65. The van der Waals surface area contributed by atoms with Gasteiger partial charge in [-0.1, -0.05) is 25.1 Å². The van der Waals surface area contributed by atoms with Gasteiger partial charge in [-0.2, -0.15) is 0 Å². The fraction of sp³-hybridized carbons (Fsp3) is 0.300. The highest BCUT2D eigenvalue weighted by Crippen LogP contribution is 2.27. The number of amides is 1. The number of hydrogen-bond acceptors (Lipinski definition) is 6. The van der Waals surface area contributed by atoms with Crippen molar-refractivity contribution in [2.45, 2.75) is 19.4 Å². The van der Waals surface area contributed by atoms with Crippen molar-refractivity contribution in [2.24, 2.45) is 0 Å². The molecule has 1 amide bonds. The number of carbonyl (C=O) groups excluding carboxylic acids is 2. The summed E-state index contributed by atoms with van der Waals surface area (Å²) < 4.78 is 36.0. The Morgan fingerprint density at radius 3 is 2.38 bits per heavy atom. The van der Waals surface area contributed by atoms with Gasteiger partial charge in [0.25, 0.3) is 0 Å². The van der Waals surface area contributed by atoms with Crippen molar-refractivity contribution in [1.29, 1.82) is 0 Å². The third-order valence-electron chi connectivity index (χ3n) is 4.23. The Bertz CT molecular complexity index is 990. The molecule has 156 valence electrons. The number of hydrogen-bond donors (Lipinski definition) is 1. The number of nitrogens with one attached hydrogen (secondary N) is 1. The molecule has 0 unspecified atom stereocenters. The Kier molecular flexibility index (Phi) is 7.22. The van der Waals surface area contributed by atoms with Crippen LogP contribution in [0.4, 0.5) is 11.4 Å². The van der Waals surface area contributed by atoms with Gasteiger partial charge < -0.3 is 14.8 Å². The highest BCUT2D eigenvalue weighted by atomic mass is 32.2. The zero-order valence-corrected chi connectivity index (χ0v) is 17.5. The van der Waals surface area contributed by atoms with E-state index >= 15 is 0 Å². The maximum atomic E-state index is 13.0. The molecule has 0 spiro atoms. The quantitative estimate of drug-likeness (QED) is 0.659. The number of rotatable bonds is 8. The van der Waals surface area contributed by atoms with Gasteiger partial charge in [0.05, 0.1) is 37.4 Å². The lowest BCUT2D eigenvalue weighted by atomic mass is 10.1. The van der Waals surface area contributed by atoms with Crippen molar-refractivity contribution in [3.8, 4) is 5.75 Å². The van der Waals surface area contributed by atoms with Gasteiger partial charge in [0.2, 0.25) is 15.9 Å².